The molecule has 2 heterocycles. The molecule has 1 saturated heterocycles. The highest BCUT2D eigenvalue weighted by molar-refractivity contribution is 7.18. The fourth-order valence-corrected chi connectivity index (χ4v) is 4.46. The summed E-state index contributed by atoms with van der Waals surface area (Å²) in [5, 5.41) is 3.82. The van der Waals surface area contributed by atoms with Crippen LogP contribution in [0.3, 0.4) is 0 Å². The summed E-state index contributed by atoms with van der Waals surface area (Å²) in [5.74, 6) is -0.589. The summed E-state index contributed by atoms with van der Waals surface area (Å²) in [6.45, 7) is 6.08. The van der Waals surface area contributed by atoms with Crippen molar-refractivity contribution >= 4 is 33.1 Å². The van der Waals surface area contributed by atoms with Gasteiger partial charge < -0.3 is 5.32 Å². The Morgan fingerprint density at radius 2 is 1.86 bits per heavy atom. The molecular formula is C21H23FN4OS. The van der Waals surface area contributed by atoms with E-state index in [-0.39, 0.29) is 17.6 Å². The predicted octanol–water partition coefficient (Wildman–Crippen LogP) is 3.58. The van der Waals surface area contributed by atoms with E-state index in [0.717, 1.165) is 43.2 Å². The van der Waals surface area contributed by atoms with Crippen LogP contribution in [0.25, 0.3) is 10.2 Å². The van der Waals surface area contributed by atoms with Gasteiger partial charge in [-0.05, 0) is 31.2 Å². The molecule has 0 saturated carbocycles. The van der Waals surface area contributed by atoms with Crippen LogP contribution in [0.15, 0.2) is 48.5 Å². The smallest absolute Gasteiger partial charge is 0.241 e. The van der Waals surface area contributed by atoms with Crippen LogP contribution in [-0.4, -0.2) is 52.9 Å². The third-order valence-corrected chi connectivity index (χ3v) is 6.18. The van der Waals surface area contributed by atoms with Crippen molar-refractivity contribution < 1.29 is 9.18 Å². The van der Waals surface area contributed by atoms with E-state index in [1.165, 1.54) is 10.8 Å². The lowest BCUT2D eigenvalue weighted by molar-refractivity contribution is -0.121. The lowest BCUT2D eigenvalue weighted by Gasteiger charge is -2.37. The van der Waals surface area contributed by atoms with Gasteiger partial charge in [-0.3, -0.25) is 14.6 Å². The molecule has 0 spiro atoms. The topological polar surface area (TPSA) is 48.5 Å². The number of halogens is 1. The van der Waals surface area contributed by atoms with Crippen molar-refractivity contribution in [2.45, 2.75) is 19.5 Å². The van der Waals surface area contributed by atoms with Crippen molar-refractivity contribution in [3.05, 3.63) is 59.4 Å². The molecule has 0 aliphatic carbocycles. The molecule has 0 bridgehead atoms. The second kappa shape index (κ2) is 8.34. The van der Waals surface area contributed by atoms with Crippen LogP contribution in [0.5, 0.6) is 0 Å². The summed E-state index contributed by atoms with van der Waals surface area (Å²) in [4.78, 5) is 21.7. The number of aromatic nitrogens is 1. The maximum absolute atomic E-state index is 13.8. The van der Waals surface area contributed by atoms with Crippen LogP contribution in [0.4, 0.5) is 10.1 Å². The fourth-order valence-electron chi connectivity index (χ4n) is 3.45. The molecule has 0 unspecified atom stereocenters. The zero-order valence-corrected chi connectivity index (χ0v) is 16.6. The van der Waals surface area contributed by atoms with Crippen LogP contribution in [0, 0.1) is 5.82 Å². The number of anilines is 1. The zero-order valence-electron chi connectivity index (χ0n) is 15.8. The molecule has 1 amide bonds. The standard InChI is InChI=1S/C21H23FN4OS/c1-15(21(27)24-17-7-3-2-6-16(17)22)26-12-10-25(11-13-26)14-20-23-18-8-4-5-9-19(18)28-20/h2-9,15H,10-14H2,1H3,(H,24,27)/t15-/m0/s1. The largest absolute Gasteiger partial charge is 0.322 e. The van der Waals surface area contributed by atoms with Crippen LogP contribution in [0.2, 0.25) is 0 Å². The molecule has 1 aliphatic heterocycles. The Bertz CT molecular complexity index is 935. The van der Waals surface area contributed by atoms with Crippen LogP contribution < -0.4 is 5.32 Å². The number of piperazine rings is 1. The number of carbonyl (C=O) groups excluding carboxylic acids is 1. The highest BCUT2D eigenvalue weighted by Crippen LogP contribution is 2.23. The first kappa shape index (κ1) is 19.0. The molecular weight excluding hydrogens is 375 g/mol. The monoisotopic (exact) mass is 398 g/mol. The molecule has 1 aliphatic rings. The molecule has 7 heteroatoms. The summed E-state index contributed by atoms with van der Waals surface area (Å²) in [5.41, 5.74) is 1.29. The van der Waals surface area contributed by atoms with Gasteiger partial charge in [-0.2, -0.15) is 0 Å². The van der Waals surface area contributed by atoms with E-state index in [1.54, 1.807) is 29.5 Å². The molecule has 146 valence electrons. The van der Waals surface area contributed by atoms with E-state index in [0.29, 0.717) is 0 Å². The van der Waals surface area contributed by atoms with Crippen LogP contribution in [-0.2, 0) is 11.3 Å². The number of para-hydroxylation sites is 2. The van der Waals surface area contributed by atoms with E-state index in [4.69, 9.17) is 4.98 Å². The van der Waals surface area contributed by atoms with Crippen LogP contribution >= 0.6 is 11.3 Å². The Balaban J connectivity index is 1.30. The first-order valence-electron chi connectivity index (χ1n) is 9.46. The number of nitrogens with one attached hydrogen (secondary N) is 1. The molecule has 4 rings (SSSR count). The van der Waals surface area contributed by atoms with E-state index >= 15 is 0 Å². The van der Waals surface area contributed by atoms with Gasteiger partial charge in [0.25, 0.3) is 0 Å². The Kier molecular flexibility index (Phi) is 5.66. The Labute approximate surface area is 167 Å². The molecule has 1 atom stereocenters. The molecule has 1 N–H and O–H groups in total. The number of rotatable bonds is 5. The zero-order chi connectivity index (χ0) is 19.5. The Morgan fingerprint density at radius 3 is 2.61 bits per heavy atom. The number of hydrogen-bond donors (Lipinski definition) is 1. The van der Waals surface area contributed by atoms with Gasteiger partial charge in [0.15, 0.2) is 0 Å². The number of amides is 1. The van der Waals surface area contributed by atoms with Crippen LogP contribution in [0.1, 0.15) is 11.9 Å². The number of benzene rings is 2. The number of fused-ring (bicyclic) bond motifs is 1. The van der Waals surface area contributed by atoms with Gasteiger partial charge in [0.05, 0.1) is 28.5 Å². The van der Waals surface area contributed by atoms with Crippen molar-refractivity contribution in [1.29, 1.82) is 0 Å². The van der Waals surface area contributed by atoms with Gasteiger partial charge in [-0.25, -0.2) is 9.37 Å². The second-order valence-electron chi connectivity index (χ2n) is 7.03. The average molecular weight is 399 g/mol. The summed E-state index contributed by atoms with van der Waals surface area (Å²) in [6, 6.07) is 14.1. The van der Waals surface area contributed by atoms with Gasteiger partial charge in [-0.15, -0.1) is 11.3 Å². The molecule has 3 aromatic rings. The summed E-state index contributed by atoms with van der Waals surface area (Å²) >= 11 is 1.74. The van der Waals surface area contributed by atoms with Crippen molar-refractivity contribution in [2.24, 2.45) is 0 Å². The number of carbonyl (C=O) groups is 1. The Hall–Kier alpha value is -2.35. The van der Waals surface area contributed by atoms with Gasteiger partial charge in [0, 0.05) is 26.2 Å². The summed E-state index contributed by atoms with van der Waals surface area (Å²) in [6.07, 6.45) is 0. The summed E-state index contributed by atoms with van der Waals surface area (Å²) < 4.78 is 15.0. The SMILES string of the molecule is C[C@@H](C(=O)Nc1ccccc1F)N1CCN(Cc2nc3ccccc3s2)CC1. The highest BCUT2D eigenvalue weighted by atomic mass is 32.1. The third kappa shape index (κ3) is 4.22. The molecule has 5 nitrogen and oxygen atoms in total. The summed E-state index contributed by atoms with van der Waals surface area (Å²) in [7, 11) is 0. The van der Waals surface area contributed by atoms with Gasteiger partial charge >= 0.3 is 0 Å². The maximum atomic E-state index is 13.8. The van der Waals surface area contributed by atoms with Gasteiger partial charge in [0.1, 0.15) is 10.8 Å². The lowest BCUT2D eigenvalue weighted by Crippen LogP contribution is -2.52. The molecule has 28 heavy (non-hydrogen) atoms. The molecule has 2 aromatic carbocycles. The van der Waals surface area contributed by atoms with Crippen molar-refractivity contribution in [2.75, 3.05) is 31.5 Å². The normalized spacial score (nSPS) is 16.9. The second-order valence-corrected chi connectivity index (χ2v) is 8.15. The maximum Gasteiger partial charge on any atom is 0.241 e. The number of nitrogens with zero attached hydrogens (tertiary/aromatic N) is 3. The average Bonchev–Trinajstić information content (AvgIpc) is 3.12. The predicted molar refractivity (Wildman–Crippen MR) is 111 cm³/mol. The minimum Gasteiger partial charge on any atom is -0.322 e. The van der Waals surface area contributed by atoms with E-state index in [9.17, 15) is 9.18 Å². The minimum atomic E-state index is -0.413. The Morgan fingerprint density at radius 1 is 1.14 bits per heavy atom. The van der Waals surface area contributed by atoms with E-state index in [1.807, 2.05) is 25.1 Å². The molecule has 0 radical (unpaired) electrons. The first-order valence-corrected chi connectivity index (χ1v) is 10.3. The van der Waals surface area contributed by atoms with E-state index in [2.05, 4.69) is 21.2 Å². The molecule has 1 aromatic heterocycles. The number of thiazole rings is 1. The first-order chi connectivity index (χ1) is 13.6. The quantitative estimate of drug-likeness (QED) is 0.714. The number of hydrogen-bond acceptors (Lipinski definition) is 5. The van der Waals surface area contributed by atoms with Gasteiger partial charge in [-0.1, -0.05) is 24.3 Å². The van der Waals surface area contributed by atoms with Gasteiger partial charge in [0.2, 0.25) is 5.91 Å². The van der Waals surface area contributed by atoms with Crippen molar-refractivity contribution in [3.63, 3.8) is 0 Å². The lowest BCUT2D eigenvalue weighted by atomic mass is 10.2. The third-order valence-electron chi connectivity index (χ3n) is 5.16. The molecule has 1 fully saturated rings. The minimum absolute atomic E-state index is 0.176. The van der Waals surface area contributed by atoms with Crippen molar-refractivity contribution in [1.82, 2.24) is 14.8 Å². The highest BCUT2D eigenvalue weighted by Gasteiger charge is 2.26. The van der Waals surface area contributed by atoms with E-state index < -0.39 is 5.82 Å². The fraction of sp³-hybridized carbons (Fsp3) is 0.333. The van der Waals surface area contributed by atoms with Crippen molar-refractivity contribution in [3.8, 4) is 0 Å².